The van der Waals surface area contributed by atoms with Gasteiger partial charge in [-0.2, -0.15) is 9.78 Å². The van der Waals surface area contributed by atoms with Crippen LogP contribution in [-0.4, -0.2) is 26.9 Å². The normalized spacial score (nSPS) is 11.1. The van der Waals surface area contributed by atoms with Crippen molar-refractivity contribution in [2.45, 2.75) is 11.8 Å². The predicted octanol–water partition coefficient (Wildman–Crippen LogP) is 4.90. The molecule has 0 unspecified atom stereocenters. The molecule has 0 aliphatic rings. The third kappa shape index (κ3) is 3.45. The summed E-state index contributed by atoms with van der Waals surface area (Å²) in [5, 5.41) is 7.92. The Kier molecular flexibility index (Phi) is 4.67. The van der Waals surface area contributed by atoms with Crippen LogP contribution in [0.4, 0.5) is 10.2 Å². The summed E-state index contributed by atoms with van der Waals surface area (Å²) in [5.74, 6) is -0.00210. The number of benzene rings is 2. The van der Waals surface area contributed by atoms with E-state index >= 15 is 0 Å². The van der Waals surface area contributed by atoms with Gasteiger partial charge >= 0.3 is 0 Å². The first-order valence-corrected chi connectivity index (χ1v) is 10.2. The van der Waals surface area contributed by atoms with E-state index in [-0.39, 0.29) is 11.7 Å². The van der Waals surface area contributed by atoms with Crippen molar-refractivity contribution >= 4 is 45.0 Å². The van der Waals surface area contributed by atoms with Crippen molar-refractivity contribution in [3.63, 3.8) is 0 Å². The van der Waals surface area contributed by atoms with Crippen LogP contribution >= 0.6 is 23.1 Å². The summed E-state index contributed by atoms with van der Waals surface area (Å²) in [4.78, 5) is 18.2. The van der Waals surface area contributed by atoms with E-state index in [0.29, 0.717) is 22.0 Å². The van der Waals surface area contributed by atoms with Gasteiger partial charge in [-0.25, -0.2) is 9.37 Å². The quantitative estimate of drug-likeness (QED) is 0.497. The molecule has 0 saturated heterocycles. The molecule has 0 bridgehead atoms. The highest BCUT2D eigenvalue weighted by molar-refractivity contribution is 7.98. The first-order valence-electron chi connectivity index (χ1n) is 8.12. The van der Waals surface area contributed by atoms with Crippen LogP contribution in [0.5, 0.6) is 0 Å². The van der Waals surface area contributed by atoms with Crippen LogP contribution in [-0.2, 0) is 0 Å². The maximum Gasteiger partial charge on any atom is 0.257 e. The molecular formula is C19H15FN4OS2. The van der Waals surface area contributed by atoms with Crippen molar-refractivity contribution in [2.24, 2.45) is 0 Å². The molecule has 0 radical (unpaired) electrons. The predicted molar refractivity (Wildman–Crippen MR) is 108 cm³/mol. The average molecular weight is 398 g/mol. The molecule has 136 valence electrons. The van der Waals surface area contributed by atoms with Crippen molar-refractivity contribution in [3.8, 4) is 5.13 Å². The number of carbonyl (C=O) groups is 1. The third-order valence-electron chi connectivity index (χ3n) is 3.95. The fourth-order valence-electron chi connectivity index (χ4n) is 2.73. The van der Waals surface area contributed by atoms with Gasteiger partial charge in [-0.15, -0.1) is 11.8 Å². The molecule has 5 nitrogen and oxygen atoms in total. The number of carbonyl (C=O) groups excluding carboxylic acids is 1. The minimum Gasteiger partial charge on any atom is -0.306 e. The summed E-state index contributed by atoms with van der Waals surface area (Å²) in [5.41, 5.74) is 2.03. The van der Waals surface area contributed by atoms with E-state index in [4.69, 9.17) is 0 Å². The molecule has 0 aliphatic carbocycles. The standard InChI is InChI=1S/C19H15FN4OS2/c1-11-9-17(22-18(25)13-5-3-4-6-15(13)26-2)24(23-11)19-21-14-8-7-12(20)10-16(14)27-19/h3-10H,1-2H3,(H,22,25). The van der Waals surface area contributed by atoms with Crippen molar-refractivity contribution < 1.29 is 9.18 Å². The van der Waals surface area contributed by atoms with Crippen LogP contribution in [0.1, 0.15) is 16.1 Å². The summed E-state index contributed by atoms with van der Waals surface area (Å²) in [6.45, 7) is 1.84. The Morgan fingerprint density at radius 3 is 2.85 bits per heavy atom. The number of fused-ring (bicyclic) bond motifs is 1. The Balaban J connectivity index is 1.71. The molecule has 0 fully saturated rings. The Morgan fingerprint density at radius 2 is 2.04 bits per heavy atom. The highest BCUT2D eigenvalue weighted by atomic mass is 32.2. The number of rotatable bonds is 4. The molecular weight excluding hydrogens is 383 g/mol. The number of nitrogens with zero attached hydrogens (tertiary/aromatic N) is 3. The molecule has 4 aromatic rings. The number of anilines is 1. The van der Waals surface area contributed by atoms with Gasteiger partial charge in [-0.3, -0.25) is 4.79 Å². The van der Waals surface area contributed by atoms with E-state index in [2.05, 4.69) is 15.4 Å². The van der Waals surface area contributed by atoms with Gasteiger partial charge in [0.05, 0.1) is 21.5 Å². The third-order valence-corrected chi connectivity index (χ3v) is 5.73. The maximum absolute atomic E-state index is 13.5. The number of aromatic nitrogens is 3. The van der Waals surface area contributed by atoms with Gasteiger partial charge in [0.25, 0.3) is 5.91 Å². The van der Waals surface area contributed by atoms with Crippen LogP contribution in [0.3, 0.4) is 0 Å². The largest absolute Gasteiger partial charge is 0.306 e. The molecule has 27 heavy (non-hydrogen) atoms. The van der Waals surface area contributed by atoms with E-state index in [1.165, 1.54) is 35.2 Å². The monoisotopic (exact) mass is 398 g/mol. The van der Waals surface area contributed by atoms with Crippen LogP contribution in [0.2, 0.25) is 0 Å². The van der Waals surface area contributed by atoms with Crippen molar-refractivity contribution in [2.75, 3.05) is 11.6 Å². The number of halogens is 1. The van der Waals surface area contributed by atoms with Gasteiger partial charge in [-0.1, -0.05) is 23.5 Å². The maximum atomic E-state index is 13.5. The second kappa shape index (κ2) is 7.13. The van der Waals surface area contributed by atoms with Gasteiger partial charge in [0, 0.05) is 11.0 Å². The Hall–Kier alpha value is -2.71. The van der Waals surface area contributed by atoms with Gasteiger partial charge in [0.2, 0.25) is 5.13 Å². The molecule has 2 aromatic heterocycles. The van der Waals surface area contributed by atoms with E-state index in [0.717, 1.165) is 15.3 Å². The van der Waals surface area contributed by atoms with Gasteiger partial charge in [0.15, 0.2) is 0 Å². The summed E-state index contributed by atoms with van der Waals surface area (Å²) in [6, 6.07) is 13.7. The summed E-state index contributed by atoms with van der Waals surface area (Å²) >= 11 is 2.83. The van der Waals surface area contributed by atoms with Crippen molar-refractivity contribution in [3.05, 3.63) is 65.6 Å². The molecule has 2 heterocycles. The molecule has 0 atom stereocenters. The minimum atomic E-state index is -0.309. The fourth-order valence-corrected chi connectivity index (χ4v) is 4.28. The molecule has 1 N–H and O–H groups in total. The minimum absolute atomic E-state index is 0.215. The van der Waals surface area contributed by atoms with Crippen molar-refractivity contribution in [1.82, 2.24) is 14.8 Å². The summed E-state index contributed by atoms with van der Waals surface area (Å²) < 4.78 is 15.8. The lowest BCUT2D eigenvalue weighted by atomic mass is 10.2. The molecule has 0 aliphatic heterocycles. The zero-order valence-electron chi connectivity index (χ0n) is 14.6. The highest BCUT2D eigenvalue weighted by Crippen LogP contribution is 2.28. The highest BCUT2D eigenvalue weighted by Gasteiger charge is 2.17. The molecule has 0 spiro atoms. The average Bonchev–Trinajstić information content (AvgIpc) is 3.24. The fraction of sp³-hybridized carbons (Fsp3) is 0.105. The summed E-state index contributed by atoms with van der Waals surface area (Å²) in [7, 11) is 0. The topological polar surface area (TPSA) is 59.8 Å². The number of aryl methyl sites for hydroxylation is 1. The lowest BCUT2D eigenvalue weighted by Crippen LogP contribution is -2.15. The van der Waals surface area contributed by atoms with Crippen molar-refractivity contribution in [1.29, 1.82) is 0 Å². The number of thiazole rings is 1. The smallest absolute Gasteiger partial charge is 0.257 e. The molecule has 8 heteroatoms. The number of hydrogen-bond donors (Lipinski definition) is 1. The number of amides is 1. The second-order valence-corrected chi connectivity index (χ2v) is 7.70. The molecule has 2 aromatic carbocycles. The summed E-state index contributed by atoms with van der Waals surface area (Å²) in [6.07, 6.45) is 1.93. The number of hydrogen-bond acceptors (Lipinski definition) is 5. The van der Waals surface area contributed by atoms with E-state index in [9.17, 15) is 9.18 Å². The van der Waals surface area contributed by atoms with Gasteiger partial charge < -0.3 is 5.32 Å². The first kappa shape index (κ1) is 17.7. The zero-order valence-corrected chi connectivity index (χ0v) is 16.2. The van der Waals surface area contributed by atoms with Crippen LogP contribution in [0, 0.1) is 12.7 Å². The van der Waals surface area contributed by atoms with E-state index in [1.807, 2.05) is 31.4 Å². The van der Waals surface area contributed by atoms with Gasteiger partial charge in [0.1, 0.15) is 11.6 Å². The van der Waals surface area contributed by atoms with Crippen LogP contribution < -0.4 is 5.32 Å². The molecule has 4 rings (SSSR count). The Labute approximate surface area is 163 Å². The zero-order chi connectivity index (χ0) is 19.0. The Morgan fingerprint density at radius 1 is 1.22 bits per heavy atom. The Bertz CT molecular complexity index is 1150. The number of thioether (sulfide) groups is 1. The van der Waals surface area contributed by atoms with Crippen LogP contribution in [0.15, 0.2) is 53.4 Å². The lowest BCUT2D eigenvalue weighted by molar-refractivity contribution is 0.102. The molecule has 0 saturated carbocycles. The van der Waals surface area contributed by atoms with E-state index in [1.54, 1.807) is 22.9 Å². The lowest BCUT2D eigenvalue weighted by Gasteiger charge is -2.09. The van der Waals surface area contributed by atoms with E-state index < -0.39 is 0 Å². The van der Waals surface area contributed by atoms with Gasteiger partial charge in [-0.05, 0) is 43.5 Å². The first-order chi connectivity index (χ1) is 13.0. The second-order valence-electron chi connectivity index (χ2n) is 5.85. The SMILES string of the molecule is CSc1ccccc1C(=O)Nc1cc(C)nn1-c1nc2ccc(F)cc2s1. The number of nitrogens with one attached hydrogen (secondary N) is 1. The molecule has 1 amide bonds. The van der Waals surface area contributed by atoms with Crippen LogP contribution in [0.25, 0.3) is 15.3 Å².